The molecule has 49 heavy (non-hydrogen) atoms. The van der Waals surface area contributed by atoms with Gasteiger partial charge < -0.3 is 9.32 Å². The van der Waals surface area contributed by atoms with Crippen molar-refractivity contribution in [2.75, 3.05) is 4.90 Å². The summed E-state index contributed by atoms with van der Waals surface area (Å²) in [4.78, 5) is 2.40. The van der Waals surface area contributed by atoms with E-state index in [1.807, 2.05) is 23.5 Å². The van der Waals surface area contributed by atoms with E-state index in [0.29, 0.717) is 0 Å². The average Bonchev–Trinajstić information content (AvgIpc) is 3.73. The molecule has 0 saturated heterocycles. The summed E-state index contributed by atoms with van der Waals surface area (Å²) >= 11 is 1.86. The third-order valence-corrected chi connectivity index (χ3v) is 10.9. The van der Waals surface area contributed by atoms with E-state index in [2.05, 4.69) is 169 Å². The van der Waals surface area contributed by atoms with Gasteiger partial charge in [-0.15, -0.1) is 11.3 Å². The zero-order chi connectivity index (χ0) is 32.3. The van der Waals surface area contributed by atoms with Crippen LogP contribution in [0.5, 0.6) is 0 Å². The van der Waals surface area contributed by atoms with Gasteiger partial charge in [-0.3, -0.25) is 0 Å². The third-order valence-electron chi connectivity index (χ3n) is 9.67. The molecule has 0 saturated carbocycles. The highest BCUT2D eigenvalue weighted by atomic mass is 32.1. The standard InChI is InChI=1S/C46H29NOS/c1-2-10-30(11-3-1)31-20-24-34(25-21-31)47(42-17-9-16-39-38-14-5-7-19-45(38)49-46(39)42)35-26-22-32(23-27-35)36-15-8-12-33-28-41-37-13-4-6-18-43(37)48-44(41)29-40(33)36/h1-29H. The smallest absolute Gasteiger partial charge is 0.136 e. The van der Waals surface area contributed by atoms with Gasteiger partial charge in [-0.2, -0.15) is 0 Å². The fourth-order valence-electron chi connectivity index (χ4n) is 7.31. The maximum absolute atomic E-state index is 6.29. The van der Waals surface area contributed by atoms with Crippen molar-refractivity contribution >= 4 is 81.3 Å². The summed E-state index contributed by atoms with van der Waals surface area (Å²) in [5, 5.41) is 7.28. The SMILES string of the molecule is c1ccc(-c2ccc(N(c3ccc(-c4cccc5cc6c(cc45)oc4ccccc46)cc3)c3cccc4c3sc3ccccc34)cc2)cc1. The van der Waals surface area contributed by atoms with Gasteiger partial charge in [0.15, 0.2) is 0 Å². The number of anilines is 3. The van der Waals surface area contributed by atoms with Crippen LogP contribution < -0.4 is 4.90 Å². The van der Waals surface area contributed by atoms with Crippen molar-refractivity contribution in [3.8, 4) is 22.3 Å². The molecule has 2 nitrogen and oxygen atoms in total. The largest absolute Gasteiger partial charge is 0.456 e. The molecule has 0 unspecified atom stereocenters. The minimum atomic E-state index is 0.916. The van der Waals surface area contributed by atoms with E-state index < -0.39 is 0 Å². The van der Waals surface area contributed by atoms with E-state index in [1.54, 1.807) is 0 Å². The second-order valence-electron chi connectivity index (χ2n) is 12.5. The lowest BCUT2D eigenvalue weighted by molar-refractivity contribution is 0.669. The fraction of sp³-hybridized carbons (Fsp3) is 0. The van der Waals surface area contributed by atoms with Gasteiger partial charge in [-0.25, -0.2) is 0 Å². The molecule has 0 bridgehead atoms. The number of para-hydroxylation sites is 1. The van der Waals surface area contributed by atoms with Crippen molar-refractivity contribution in [3.05, 3.63) is 176 Å². The molecule has 2 aromatic heterocycles. The van der Waals surface area contributed by atoms with E-state index in [1.165, 1.54) is 58.9 Å². The van der Waals surface area contributed by atoms with Crippen molar-refractivity contribution in [1.82, 2.24) is 0 Å². The summed E-state index contributed by atoms with van der Waals surface area (Å²) in [6, 6.07) is 63.2. The second-order valence-corrected chi connectivity index (χ2v) is 13.6. The molecule has 230 valence electrons. The Morgan fingerprint density at radius 1 is 0.408 bits per heavy atom. The number of furan rings is 1. The summed E-state index contributed by atoms with van der Waals surface area (Å²) in [7, 11) is 0. The number of hydrogen-bond donors (Lipinski definition) is 0. The summed E-state index contributed by atoms with van der Waals surface area (Å²) in [5.41, 5.74) is 10.0. The number of thiophene rings is 1. The Bertz CT molecular complexity index is 2810. The quantitative estimate of drug-likeness (QED) is 0.186. The third kappa shape index (κ3) is 4.62. The molecule has 0 amide bonds. The topological polar surface area (TPSA) is 16.4 Å². The molecule has 0 radical (unpaired) electrons. The van der Waals surface area contributed by atoms with Gasteiger partial charge in [0.1, 0.15) is 11.2 Å². The van der Waals surface area contributed by atoms with Crippen molar-refractivity contribution in [2.45, 2.75) is 0 Å². The van der Waals surface area contributed by atoms with Crippen LogP contribution in [-0.2, 0) is 0 Å². The summed E-state index contributed by atoms with van der Waals surface area (Å²) in [5.74, 6) is 0. The highest BCUT2D eigenvalue weighted by Gasteiger charge is 2.19. The molecule has 2 heterocycles. The Labute approximate surface area is 287 Å². The number of nitrogens with zero attached hydrogens (tertiary/aromatic N) is 1. The lowest BCUT2D eigenvalue weighted by atomic mass is 9.96. The molecule has 3 heteroatoms. The van der Waals surface area contributed by atoms with E-state index in [4.69, 9.17) is 4.42 Å². The van der Waals surface area contributed by atoms with Gasteiger partial charge in [-0.1, -0.05) is 121 Å². The zero-order valence-corrected chi connectivity index (χ0v) is 27.3. The predicted molar refractivity (Wildman–Crippen MR) is 210 cm³/mol. The molecule has 10 rings (SSSR count). The van der Waals surface area contributed by atoms with Crippen LogP contribution in [0.25, 0.3) is 75.1 Å². The molecule has 0 aliphatic heterocycles. The molecule has 0 fully saturated rings. The van der Waals surface area contributed by atoms with Gasteiger partial charge in [0, 0.05) is 37.6 Å². The van der Waals surface area contributed by atoms with Crippen LogP contribution in [0.1, 0.15) is 0 Å². The van der Waals surface area contributed by atoms with Crippen molar-refractivity contribution in [2.24, 2.45) is 0 Å². The van der Waals surface area contributed by atoms with Crippen molar-refractivity contribution in [1.29, 1.82) is 0 Å². The molecular weight excluding hydrogens is 615 g/mol. The highest BCUT2D eigenvalue weighted by Crippen LogP contribution is 2.45. The molecule has 0 N–H and O–H groups in total. The maximum atomic E-state index is 6.29. The van der Waals surface area contributed by atoms with Crippen molar-refractivity contribution in [3.63, 3.8) is 0 Å². The van der Waals surface area contributed by atoms with Crippen LogP contribution in [-0.4, -0.2) is 0 Å². The van der Waals surface area contributed by atoms with E-state index >= 15 is 0 Å². The lowest BCUT2D eigenvalue weighted by Crippen LogP contribution is -2.10. The van der Waals surface area contributed by atoms with Crippen LogP contribution in [0, 0.1) is 0 Å². The van der Waals surface area contributed by atoms with E-state index in [9.17, 15) is 0 Å². The highest BCUT2D eigenvalue weighted by molar-refractivity contribution is 7.26. The van der Waals surface area contributed by atoms with Crippen LogP contribution in [0.15, 0.2) is 180 Å². The number of rotatable bonds is 5. The Morgan fingerprint density at radius 2 is 1.06 bits per heavy atom. The Hall–Kier alpha value is -6.16. The van der Waals surface area contributed by atoms with Crippen LogP contribution in [0.4, 0.5) is 17.1 Å². The predicted octanol–water partition coefficient (Wildman–Crippen LogP) is 13.9. The van der Waals surface area contributed by atoms with Gasteiger partial charge >= 0.3 is 0 Å². The Morgan fingerprint density at radius 3 is 1.88 bits per heavy atom. The summed E-state index contributed by atoms with van der Waals surface area (Å²) in [6.07, 6.45) is 0. The Kier molecular flexibility index (Phi) is 6.39. The first-order valence-corrected chi connectivity index (χ1v) is 17.4. The lowest BCUT2D eigenvalue weighted by Gasteiger charge is -2.26. The van der Waals surface area contributed by atoms with E-state index in [0.717, 1.165) is 33.3 Å². The molecule has 0 spiro atoms. The molecule has 0 aliphatic rings. The zero-order valence-electron chi connectivity index (χ0n) is 26.5. The van der Waals surface area contributed by atoms with Gasteiger partial charge in [-0.05, 0) is 87.6 Å². The molecule has 0 atom stereocenters. The maximum Gasteiger partial charge on any atom is 0.136 e. The monoisotopic (exact) mass is 643 g/mol. The first-order valence-electron chi connectivity index (χ1n) is 16.6. The summed E-state index contributed by atoms with van der Waals surface area (Å²) in [6.45, 7) is 0. The second kappa shape index (κ2) is 11.2. The minimum absolute atomic E-state index is 0.916. The number of fused-ring (bicyclic) bond motifs is 7. The van der Waals surface area contributed by atoms with Gasteiger partial charge in [0.05, 0.1) is 10.4 Å². The van der Waals surface area contributed by atoms with Crippen molar-refractivity contribution < 1.29 is 4.42 Å². The Balaban J connectivity index is 1.11. The van der Waals surface area contributed by atoms with Gasteiger partial charge in [0.25, 0.3) is 0 Å². The minimum Gasteiger partial charge on any atom is -0.456 e. The van der Waals surface area contributed by atoms with Crippen LogP contribution >= 0.6 is 11.3 Å². The normalized spacial score (nSPS) is 11.7. The molecule has 8 aromatic carbocycles. The van der Waals surface area contributed by atoms with Crippen LogP contribution in [0.3, 0.4) is 0 Å². The first-order chi connectivity index (χ1) is 24.3. The van der Waals surface area contributed by atoms with E-state index in [-0.39, 0.29) is 0 Å². The average molecular weight is 644 g/mol. The molecule has 0 aliphatic carbocycles. The summed E-state index contributed by atoms with van der Waals surface area (Å²) < 4.78 is 8.87. The molecule has 10 aromatic rings. The van der Waals surface area contributed by atoms with Gasteiger partial charge in [0.2, 0.25) is 0 Å². The first kappa shape index (κ1) is 27.9. The fourth-order valence-corrected chi connectivity index (χ4v) is 8.51. The van der Waals surface area contributed by atoms with Crippen LogP contribution in [0.2, 0.25) is 0 Å². The number of benzene rings is 8. The number of hydrogen-bond acceptors (Lipinski definition) is 3. The molecular formula is C46H29NOS.